The van der Waals surface area contributed by atoms with E-state index in [0.29, 0.717) is 23.0 Å². The number of thioether (sulfide) groups is 1. The first-order valence-electron chi connectivity index (χ1n) is 8.23. The fourth-order valence-electron chi connectivity index (χ4n) is 2.81. The first kappa shape index (κ1) is 16.9. The second-order valence-electron chi connectivity index (χ2n) is 5.96. The summed E-state index contributed by atoms with van der Waals surface area (Å²) in [6, 6.07) is 5.19. The Kier molecular flexibility index (Phi) is 4.81. The number of phenols is 1. The number of alkyl halides is 1. The molecule has 1 aliphatic rings. The SMILES string of the molecule is Oc1cc(-n2ccnc2)ccc1-c1ncc(S[C@H]2CCNC[C@@H]2F)nn1. The van der Waals surface area contributed by atoms with E-state index in [1.54, 1.807) is 41.6 Å². The van der Waals surface area contributed by atoms with Crippen molar-refractivity contribution in [1.29, 1.82) is 0 Å². The number of nitrogens with zero attached hydrogens (tertiary/aromatic N) is 5. The lowest BCUT2D eigenvalue weighted by Gasteiger charge is -2.25. The Labute approximate surface area is 153 Å². The van der Waals surface area contributed by atoms with Gasteiger partial charge in [-0.15, -0.1) is 10.2 Å². The second-order valence-corrected chi connectivity index (χ2v) is 7.22. The molecule has 0 bridgehead atoms. The zero-order chi connectivity index (χ0) is 17.9. The zero-order valence-corrected chi connectivity index (χ0v) is 14.6. The minimum atomic E-state index is -0.907. The van der Waals surface area contributed by atoms with Gasteiger partial charge >= 0.3 is 0 Å². The van der Waals surface area contributed by atoms with Crippen LogP contribution in [0.25, 0.3) is 17.1 Å². The molecule has 0 amide bonds. The van der Waals surface area contributed by atoms with Gasteiger partial charge in [0.05, 0.1) is 23.8 Å². The molecule has 134 valence electrons. The van der Waals surface area contributed by atoms with Gasteiger partial charge in [0, 0.05) is 30.3 Å². The summed E-state index contributed by atoms with van der Waals surface area (Å²) in [6.07, 6.45) is 6.51. The summed E-state index contributed by atoms with van der Waals surface area (Å²) >= 11 is 1.36. The average molecular weight is 372 g/mol. The van der Waals surface area contributed by atoms with Crippen molar-refractivity contribution in [3.05, 3.63) is 43.1 Å². The van der Waals surface area contributed by atoms with Crippen molar-refractivity contribution in [2.24, 2.45) is 0 Å². The van der Waals surface area contributed by atoms with Gasteiger partial charge in [-0.25, -0.2) is 14.4 Å². The van der Waals surface area contributed by atoms with E-state index in [9.17, 15) is 9.50 Å². The van der Waals surface area contributed by atoms with Crippen molar-refractivity contribution < 1.29 is 9.50 Å². The molecule has 2 aromatic heterocycles. The Morgan fingerprint density at radius 1 is 1.31 bits per heavy atom. The van der Waals surface area contributed by atoms with E-state index < -0.39 is 6.17 Å². The number of benzene rings is 1. The highest BCUT2D eigenvalue weighted by Gasteiger charge is 2.26. The molecule has 2 atom stereocenters. The van der Waals surface area contributed by atoms with Gasteiger partial charge in [0.2, 0.25) is 0 Å². The molecular formula is C17H17FN6OS. The first-order valence-corrected chi connectivity index (χ1v) is 9.11. The number of aromatic nitrogens is 5. The quantitative estimate of drug-likeness (QED) is 0.726. The third-order valence-corrected chi connectivity index (χ3v) is 5.45. The number of hydrogen-bond donors (Lipinski definition) is 2. The third kappa shape index (κ3) is 3.54. The van der Waals surface area contributed by atoms with Gasteiger partial charge in [0.15, 0.2) is 5.82 Å². The van der Waals surface area contributed by atoms with Crippen molar-refractivity contribution in [3.8, 4) is 22.8 Å². The van der Waals surface area contributed by atoms with E-state index in [2.05, 4.69) is 25.5 Å². The van der Waals surface area contributed by atoms with E-state index in [1.165, 1.54) is 11.8 Å². The lowest BCUT2D eigenvalue weighted by Crippen LogP contribution is -2.39. The van der Waals surface area contributed by atoms with Crippen molar-refractivity contribution in [3.63, 3.8) is 0 Å². The van der Waals surface area contributed by atoms with Crippen LogP contribution in [-0.2, 0) is 0 Å². The van der Waals surface area contributed by atoms with Crippen LogP contribution < -0.4 is 5.32 Å². The number of nitrogens with one attached hydrogen (secondary N) is 1. The van der Waals surface area contributed by atoms with Crippen LogP contribution in [0.2, 0.25) is 0 Å². The summed E-state index contributed by atoms with van der Waals surface area (Å²) in [5.74, 6) is 0.381. The van der Waals surface area contributed by atoms with Crippen LogP contribution in [0.15, 0.2) is 48.1 Å². The van der Waals surface area contributed by atoms with Crippen LogP contribution in [0.3, 0.4) is 0 Å². The molecule has 1 fully saturated rings. The number of aromatic hydroxyl groups is 1. The molecular weight excluding hydrogens is 355 g/mol. The molecule has 0 aliphatic carbocycles. The maximum Gasteiger partial charge on any atom is 0.185 e. The van der Waals surface area contributed by atoms with Crippen LogP contribution in [0.5, 0.6) is 5.75 Å². The van der Waals surface area contributed by atoms with Gasteiger partial charge in [-0.3, -0.25) is 0 Å². The fourth-order valence-corrected chi connectivity index (χ4v) is 3.80. The summed E-state index contributed by atoms with van der Waals surface area (Å²) in [5.41, 5.74) is 1.27. The standard InChI is InChI=1S/C17H17FN6OS/c18-13-8-19-4-3-15(13)26-16-9-21-17(23-22-16)12-2-1-11(7-14(12)25)24-6-5-20-10-24/h1-2,5-7,9-10,13,15,19,25H,3-4,8H2/t13-,15-/m0/s1. The van der Waals surface area contributed by atoms with Crippen molar-refractivity contribution in [2.45, 2.75) is 22.9 Å². The molecule has 1 aromatic carbocycles. The maximum atomic E-state index is 13.9. The predicted octanol–water partition coefficient (Wildman–Crippen LogP) is 2.22. The van der Waals surface area contributed by atoms with Gasteiger partial charge in [-0.1, -0.05) is 11.8 Å². The summed E-state index contributed by atoms with van der Waals surface area (Å²) in [7, 11) is 0. The van der Waals surface area contributed by atoms with Crippen molar-refractivity contribution >= 4 is 11.8 Å². The molecule has 1 aliphatic heterocycles. The predicted molar refractivity (Wildman–Crippen MR) is 96.1 cm³/mol. The van der Waals surface area contributed by atoms with Crippen LogP contribution in [0, 0.1) is 0 Å². The smallest absolute Gasteiger partial charge is 0.185 e. The van der Waals surface area contributed by atoms with E-state index in [1.807, 2.05) is 6.07 Å². The summed E-state index contributed by atoms with van der Waals surface area (Å²) in [4.78, 5) is 8.27. The maximum absolute atomic E-state index is 13.9. The van der Waals surface area contributed by atoms with Gasteiger partial charge < -0.3 is 15.0 Å². The Bertz CT molecular complexity index is 873. The van der Waals surface area contributed by atoms with E-state index in [4.69, 9.17) is 0 Å². The molecule has 0 spiro atoms. The molecule has 2 N–H and O–H groups in total. The number of halogens is 1. The molecule has 3 heterocycles. The van der Waals surface area contributed by atoms with Crippen molar-refractivity contribution in [1.82, 2.24) is 30.0 Å². The number of piperidine rings is 1. The van der Waals surface area contributed by atoms with Crippen LogP contribution >= 0.6 is 11.8 Å². The van der Waals surface area contributed by atoms with Crippen LogP contribution in [0.4, 0.5) is 4.39 Å². The molecule has 1 saturated heterocycles. The van der Waals surface area contributed by atoms with Gasteiger partial charge in [0.25, 0.3) is 0 Å². The lowest BCUT2D eigenvalue weighted by atomic mass is 10.1. The minimum absolute atomic E-state index is 0.0561. The third-order valence-electron chi connectivity index (χ3n) is 4.19. The molecule has 7 nitrogen and oxygen atoms in total. The van der Waals surface area contributed by atoms with Gasteiger partial charge in [0.1, 0.15) is 16.9 Å². The first-order chi connectivity index (χ1) is 12.7. The Morgan fingerprint density at radius 2 is 2.23 bits per heavy atom. The second kappa shape index (κ2) is 7.38. The summed E-state index contributed by atoms with van der Waals surface area (Å²) in [5, 5.41) is 22.0. The lowest BCUT2D eigenvalue weighted by molar-refractivity contribution is 0.275. The molecule has 9 heteroatoms. The van der Waals surface area contributed by atoms with E-state index >= 15 is 0 Å². The Balaban J connectivity index is 1.51. The van der Waals surface area contributed by atoms with Gasteiger partial charge in [-0.05, 0) is 25.1 Å². The topological polar surface area (TPSA) is 88.8 Å². The van der Waals surface area contributed by atoms with Crippen LogP contribution in [0.1, 0.15) is 6.42 Å². The summed E-state index contributed by atoms with van der Waals surface area (Å²) < 4.78 is 15.7. The highest BCUT2D eigenvalue weighted by atomic mass is 32.2. The largest absolute Gasteiger partial charge is 0.507 e. The van der Waals surface area contributed by atoms with E-state index in [-0.39, 0.29) is 11.0 Å². The number of hydrogen-bond acceptors (Lipinski definition) is 7. The van der Waals surface area contributed by atoms with Gasteiger partial charge in [-0.2, -0.15) is 0 Å². The average Bonchev–Trinajstić information content (AvgIpc) is 3.19. The molecule has 26 heavy (non-hydrogen) atoms. The summed E-state index contributed by atoms with van der Waals surface area (Å²) in [6.45, 7) is 1.17. The number of rotatable bonds is 4. The minimum Gasteiger partial charge on any atom is -0.507 e. The highest BCUT2D eigenvalue weighted by Crippen LogP contribution is 2.31. The van der Waals surface area contributed by atoms with Crippen LogP contribution in [-0.4, -0.2) is 54.4 Å². The fraction of sp³-hybridized carbons (Fsp3) is 0.294. The molecule has 0 radical (unpaired) electrons. The monoisotopic (exact) mass is 372 g/mol. The molecule has 3 aromatic rings. The van der Waals surface area contributed by atoms with E-state index in [0.717, 1.165) is 18.7 Å². The Hall–Kier alpha value is -2.52. The molecule has 4 rings (SSSR count). The molecule has 0 unspecified atom stereocenters. The Morgan fingerprint density at radius 3 is 2.92 bits per heavy atom. The molecule has 0 saturated carbocycles. The number of imidazole rings is 1. The number of phenolic OH excluding ortho intramolecular Hbond substituents is 1. The zero-order valence-electron chi connectivity index (χ0n) is 13.8. The normalized spacial score (nSPS) is 20.2. The van der Waals surface area contributed by atoms with Crippen molar-refractivity contribution in [2.75, 3.05) is 13.1 Å². The highest BCUT2D eigenvalue weighted by molar-refractivity contribution is 7.99.